The SMILES string of the molecule is Fc1ccc2c(c1)NCC(CC1CCCCC1)C2. The smallest absolute Gasteiger partial charge is 0.125 e. The van der Waals surface area contributed by atoms with Crippen LogP contribution in [0.1, 0.15) is 44.1 Å². The Morgan fingerprint density at radius 3 is 2.78 bits per heavy atom. The molecule has 1 nitrogen and oxygen atoms in total. The third-order valence-corrected chi connectivity index (χ3v) is 4.55. The van der Waals surface area contributed by atoms with Crippen LogP contribution in [0.2, 0.25) is 0 Å². The lowest BCUT2D eigenvalue weighted by atomic mass is 9.80. The van der Waals surface area contributed by atoms with E-state index in [1.165, 1.54) is 44.1 Å². The second kappa shape index (κ2) is 5.29. The summed E-state index contributed by atoms with van der Waals surface area (Å²) < 4.78 is 13.1. The Morgan fingerprint density at radius 2 is 1.94 bits per heavy atom. The van der Waals surface area contributed by atoms with Gasteiger partial charge in [0, 0.05) is 12.2 Å². The van der Waals surface area contributed by atoms with Crippen molar-refractivity contribution in [3.8, 4) is 0 Å². The lowest BCUT2D eigenvalue weighted by Gasteiger charge is -2.30. The molecule has 3 rings (SSSR count). The summed E-state index contributed by atoms with van der Waals surface area (Å²) in [5, 5.41) is 3.40. The van der Waals surface area contributed by atoms with Gasteiger partial charge in [0.25, 0.3) is 0 Å². The highest BCUT2D eigenvalue weighted by atomic mass is 19.1. The molecule has 1 heterocycles. The molecule has 2 aliphatic rings. The van der Waals surface area contributed by atoms with Crippen LogP contribution in [0.25, 0.3) is 0 Å². The zero-order valence-electron chi connectivity index (χ0n) is 10.9. The topological polar surface area (TPSA) is 12.0 Å². The minimum atomic E-state index is -0.132. The molecule has 0 spiro atoms. The number of halogens is 1. The number of rotatable bonds is 2. The van der Waals surface area contributed by atoms with E-state index in [9.17, 15) is 4.39 Å². The Bertz CT molecular complexity index is 410. The average molecular weight is 247 g/mol. The largest absolute Gasteiger partial charge is 0.384 e. The van der Waals surface area contributed by atoms with E-state index in [0.717, 1.165) is 30.5 Å². The maximum Gasteiger partial charge on any atom is 0.125 e. The molecule has 1 aliphatic carbocycles. The molecule has 0 amide bonds. The number of hydrogen-bond acceptors (Lipinski definition) is 1. The molecular weight excluding hydrogens is 225 g/mol. The van der Waals surface area contributed by atoms with Gasteiger partial charge >= 0.3 is 0 Å². The Kier molecular flexibility index (Phi) is 3.53. The Balaban J connectivity index is 1.62. The summed E-state index contributed by atoms with van der Waals surface area (Å²) in [4.78, 5) is 0. The fourth-order valence-corrected chi connectivity index (χ4v) is 3.59. The van der Waals surface area contributed by atoms with E-state index in [1.807, 2.05) is 6.07 Å². The van der Waals surface area contributed by atoms with Crippen LogP contribution in [-0.2, 0) is 6.42 Å². The predicted molar refractivity (Wildman–Crippen MR) is 73.3 cm³/mol. The fourth-order valence-electron chi connectivity index (χ4n) is 3.59. The Labute approximate surface area is 109 Å². The minimum Gasteiger partial charge on any atom is -0.384 e. The first kappa shape index (κ1) is 12.0. The fraction of sp³-hybridized carbons (Fsp3) is 0.625. The first-order chi connectivity index (χ1) is 8.81. The molecule has 1 aliphatic heterocycles. The lowest BCUT2D eigenvalue weighted by Crippen LogP contribution is -2.26. The monoisotopic (exact) mass is 247 g/mol. The molecule has 1 fully saturated rings. The number of benzene rings is 1. The van der Waals surface area contributed by atoms with Crippen LogP contribution in [0.4, 0.5) is 10.1 Å². The van der Waals surface area contributed by atoms with Crippen LogP contribution in [0.15, 0.2) is 18.2 Å². The van der Waals surface area contributed by atoms with Gasteiger partial charge in [-0.2, -0.15) is 0 Å². The summed E-state index contributed by atoms with van der Waals surface area (Å²) >= 11 is 0. The van der Waals surface area contributed by atoms with Gasteiger partial charge in [-0.05, 0) is 42.4 Å². The first-order valence-electron chi connectivity index (χ1n) is 7.33. The van der Waals surface area contributed by atoms with Gasteiger partial charge in [-0.3, -0.25) is 0 Å². The van der Waals surface area contributed by atoms with E-state index in [4.69, 9.17) is 0 Å². The standard InChI is InChI=1S/C16H22FN/c17-15-7-6-14-9-13(11-18-16(14)10-15)8-12-4-2-1-3-5-12/h6-7,10,12-13,18H,1-5,8-9,11H2. The predicted octanol–water partition coefficient (Wildman–Crippen LogP) is 4.38. The van der Waals surface area contributed by atoms with Gasteiger partial charge in [-0.1, -0.05) is 38.2 Å². The summed E-state index contributed by atoms with van der Waals surface area (Å²) in [5.74, 6) is 1.55. The summed E-state index contributed by atoms with van der Waals surface area (Å²) in [7, 11) is 0. The number of nitrogens with one attached hydrogen (secondary N) is 1. The van der Waals surface area contributed by atoms with Crippen molar-refractivity contribution in [3.05, 3.63) is 29.6 Å². The molecular formula is C16H22FN. The highest BCUT2D eigenvalue weighted by Gasteiger charge is 2.23. The first-order valence-corrected chi connectivity index (χ1v) is 7.33. The maximum atomic E-state index is 13.1. The van der Waals surface area contributed by atoms with Crippen LogP contribution in [0, 0.1) is 17.7 Å². The summed E-state index contributed by atoms with van der Waals surface area (Å²) in [6.07, 6.45) is 9.60. The summed E-state index contributed by atoms with van der Waals surface area (Å²) in [6.45, 7) is 1.02. The van der Waals surface area contributed by atoms with Crippen LogP contribution >= 0.6 is 0 Å². The van der Waals surface area contributed by atoms with Crippen molar-refractivity contribution in [2.75, 3.05) is 11.9 Å². The van der Waals surface area contributed by atoms with Crippen molar-refractivity contribution in [1.82, 2.24) is 0 Å². The molecule has 98 valence electrons. The Morgan fingerprint density at radius 1 is 1.11 bits per heavy atom. The van der Waals surface area contributed by atoms with Gasteiger partial charge in [0.05, 0.1) is 0 Å². The van der Waals surface area contributed by atoms with Gasteiger partial charge in [-0.15, -0.1) is 0 Å². The summed E-state index contributed by atoms with van der Waals surface area (Å²) in [5.41, 5.74) is 2.30. The third-order valence-electron chi connectivity index (χ3n) is 4.55. The van der Waals surface area contributed by atoms with E-state index < -0.39 is 0 Å². The van der Waals surface area contributed by atoms with Crippen molar-refractivity contribution in [3.63, 3.8) is 0 Å². The van der Waals surface area contributed by atoms with E-state index >= 15 is 0 Å². The maximum absolute atomic E-state index is 13.1. The number of hydrogen-bond donors (Lipinski definition) is 1. The normalized spacial score (nSPS) is 24.4. The molecule has 1 N–H and O–H groups in total. The molecule has 1 atom stereocenters. The van der Waals surface area contributed by atoms with E-state index in [0.29, 0.717) is 0 Å². The molecule has 18 heavy (non-hydrogen) atoms. The number of anilines is 1. The quantitative estimate of drug-likeness (QED) is 0.817. The van der Waals surface area contributed by atoms with Gasteiger partial charge in [0.15, 0.2) is 0 Å². The lowest BCUT2D eigenvalue weighted by molar-refractivity contribution is 0.289. The van der Waals surface area contributed by atoms with Crippen molar-refractivity contribution in [2.24, 2.45) is 11.8 Å². The van der Waals surface area contributed by atoms with Gasteiger partial charge in [0.1, 0.15) is 5.82 Å². The van der Waals surface area contributed by atoms with Crippen molar-refractivity contribution < 1.29 is 4.39 Å². The minimum absolute atomic E-state index is 0.132. The van der Waals surface area contributed by atoms with E-state index in [2.05, 4.69) is 5.32 Å². The molecule has 1 aromatic rings. The van der Waals surface area contributed by atoms with Gasteiger partial charge in [-0.25, -0.2) is 4.39 Å². The van der Waals surface area contributed by atoms with Crippen molar-refractivity contribution >= 4 is 5.69 Å². The molecule has 1 aromatic carbocycles. The van der Waals surface area contributed by atoms with E-state index in [1.54, 1.807) is 12.1 Å². The van der Waals surface area contributed by atoms with Crippen LogP contribution in [0.5, 0.6) is 0 Å². The molecule has 0 radical (unpaired) electrons. The highest BCUT2D eigenvalue weighted by molar-refractivity contribution is 5.53. The van der Waals surface area contributed by atoms with Gasteiger partial charge in [0.2, 0.25) is 0 Å². The molecule has 0 saturated heterocycles. The van der Waals surface area contributed by atoms with Crippen LogP contribution < -0.4 is 5.32 Å². The molecule has 0 bridgehead atoms. The third kappa shape index (κ3) is 2.68. The van der Waals surface area contributed by atoms with Crippen molar-refractivity contribution in [1.29, 1.82) is 0 Å². The highest BCUT2D eigenvalue weighted by Crippen LogP contribution is 2.33. The molecule has 1 unspecified atom stereocenters. The van der Waals surface area contributed by atoms with Crippen molar-refractivity contribution in [2.45, 2.75) is 44.9 Å². The molecule has 1 saturated carbocycles. The van der Waals surface area contributed by atoms with E-state index in [-0.39, 0.29) is 5.82 Å². The van der Waals surface area contributed by atoms with Crippen LogP contribution in [-0.4, -0.2) is 6.54 Å². The number of fused-ring (bicyclic) bond motifs is 1. The second-order valence-electron chi connectivity index (χ2n) is 5.99. The summed E-state index contributed by atoms with van der Waals surface area (Å²) in [6, 6.07) is 5.17. The Hall–Kier alpha value is -1.05. The zero-order chi connectivity index (χ0) is 12.4. The van der Waals surface area contributed by atoms with Crippen LogP contribution in [0.3, 0.4) is 0 Å². The molecule has 0 aromatic heterocycles. The average Bonchev–Trinajstić information content (AvgIpc) is 2.40. The van der Waals surface area contributed by atoms with Gasteiger partial charge < -0.3 is 5.32 Å². The second-order valence-corrected chi connectivity index (χ2v) is 5.99. The zero-order valence-corrected chi connectivity index (χ0v) is 10.9. The molecule has 2 heteroatoms.